The average Bonchev–Trinajstić information content (AvgIpc) is 2.21. The summed E-state index contributed by atoms with van der Waals surface area (Å²) < 4.78 is 0. The van der Waals surface area contributed by atoms with Crippen molar-refractivity contribution in [1.29, 1.82) is 0 Å². The zero-order valence-corrected chi connectivity index (χ0v) is 9.25. The van der Waals surface area contributed by atoms with Crippen molar-refractivity contribution in [1.82, 2.24) is 5.32 Å². The number of amides is 1. The lowest BCUT2D eigenvalue weighted by molar-refractivity contribution is 0.0954. The number of phenolic OH excluding ortho intramolecular Hbond substituents is 2. The maximum Gasteiger partial charge on any atom is 0.251 e. The van der Waals surface area contributed by atoms with Gasteiger partial charge in [0.2, 0.25) is 0 Å². The van der Waals surface area contributed by atoms with Gasteiger partial charge in [0, 0.05) is 18.5 Å². The Morgan fingerprint density at radius 2 is 2.06 bits per heavy atom. The summed E-state index contributed by atoms with van der Waals surface area (Å²) in [7, 11) is 0. The summed E-state index contributed by atoms with van der Waals surface area (Å²) in [5.41, 5.74) is 5.53. The molecular weight excluding hydrogens is 228 g/mol. The number of nitrogens with two attached hydrogens (primary N) is 1. The van der Waals surface area contributed by atoms with E-state index in [1.165, 1.54) is 18.2 Å². The van der Waals surface area contributed by atoms with Crippen molar-refractivity contribution in [2.45, 2.75) is 6.42 Å². The SMILES string of the molecule is NC(=S)CCNC(=O)c1ccc(O)c(O)c1. The van der Waals surface area contributed by atoms with E-state index in [1.807, 2.05) is 0 Å². The first-order valence-electron chi connectivity index (χ1n) is 4.59. The Morgan fingerprint density at radius 3 is 2.62 bits per heavy atom. The Balaban J connectivity index is 2.59. The second-order valence-electron chi connectivity index (χ2n) is 3.18. The molecule has 0 atom stereocenters. The van der Waals surface area contributed by atoms with E-state index in [9.17, 15) is 9.90 Å². The molecule has 86 valence electrons. The average molecular weight is 240 g/mol. The van der Waals surface area contributed by atoms with Crippen LogP contribution in [0.2, 0.25) is 0 Å². The number of thiocarbonyl (C=S) groups is 1. The van der Waals surface area contributed by atoms with Crippen LogP contribution in [0.25, 0.3) is 0 Å². The van der Waals surface area contributed by atoms with Crippen molar-refractivity contribution in [3.63, 3.8) is 0 Å². The molecule has 1 aromatic carbocycles. The van der Waals surface area contributed by atoms with E-state index in [0.717, 1.165) is 0 Å². The molecule has 6 heteroatoms. The number of carbonyl (C=O) groups is 1. The van der Waals surface area contributed by atoms with Gasteiger partial charge in [-0.15, -0.1) is 0 Å². The molecule has 0 bridgehead atoms. The van der Waals surface area contributed by atoms with Crippen LogP contribution in [0.4, 0.5) is 0 Å². The van der Waals surface area contributed by atoms with Crippen LogP contribution in [-0.2, 0) is 0 Å². The van der Waals surface area contributed by atoms with Gasteiger partial charge in [-0.3, -0.25) is 4.79 Å². The summed E-state index contributed by atoms with van der Waals surface area (Å²) in [5, 5.41) is 20.8. The number of benzene rings is 1. The first kappa shape index (κ1) is 12.3. The number of rotatable bonds is 4. The molecule has 0 heterocycles. The quantitative estimate of drug-likeness (QED) is 0.454. The lowest BCUT2D eigenvalue weighted by Crippen LogP contribution is -2.27. The van der Waals surface area contributed by atoms with Gasteiger partial charge in [0.15, 0.2) is 11.5 Å². The largest absolute Gasteiger partial charge is 0.504 e. The van der Waals surface area contributed by atoms with E-state index in [2.05, 4.69) is 17.5 Å². The van der Waals surface area contributed by atoms with Crippen LogP contribution in [0.15, 0.2) is 18.2 Å². The molecule has 1 aromatic rings. The highest BCUT2D eigenvalue weighted by molar-refractivity contribution is 7.80. The first-order valence-corrected chi connectivity index (χ1v) is 5.00. The van der Waals surface area contributed by atoms with Crippen LogP contribution < -0.4 is 11.1 Å². The predicted molar refractivity (Wildman–Crippen MR) is 63.5 cm³/mol. The van der Waals surface area contributed by atoms with Gasteiger partial charge >= 0.3 is 0 Å². The van der Waals surface area contributed by atoms with Crippen LogP contribution in [0.5, 0.6) is 11.5 Å². The molecule has 0 unspecified atom stereocenters. The maximum atomic E-state index is 11.5. The van der Waals surface area contributed by atoms with Gasteiger partial charge in [-0.2, -0.15) is 0 Å². The smallest absolute Gasteiger partial charge is 0.251 e. The Bertz CT molecular complexity index is 421. The van der Waals surface area contributed by atoms with Crippen LogP contribution in [0.3, 0.4) is 0 Å². The number of hydrogen-bond donors (Lipinski definition) is 4. The molecule has 5 nitrogen and oxygen atoms in total. The lowest BCUT2D eigenvalue weighted by Gasteiger charge is -2.05. The summed E-state index contributed by atoms with van der Waals surface area (Å²) in [5.74, 6) is -0.951. The summed E-state index contributed by atoms with van der Waals surface area (Å²) in [6, 6.07) is 3.84. The third-order valence-electron chi connectivity index (χ3n) is 1.89. The van der Waals surface area contributed by atoms with Gasteiger partial charge < -0.3 is 21.3 Å². The maximum absolute atomic E-state index is 11.5. The van der Waals surface area contributed by atoms with Gasteiger partial charge in [-0.25, -0.2) is 0 Å². The standard InChI is InChI=1S/C10H12N2O3S/c11-9(16)3-4-12-10(15)6-1-2-7(13)8(14)5-6/h1-2,5,13-14H,3-4H2,(H2,11,16)(H,12,15). The molecule has 0 spiro atoms. The van der Waals surface area contributed by atoms with Crippen LogP contribution in [0, 0.1) is 0 Å². The van der Waals surface area contributed by atoms with Crippen LogP contribution in [-0.4, -0.2) is 27.7 Å². The first-order chi connectivity index (χ1) is 7.50. The monoisotopic (exact) mass is 240 g/mol. The minimum absolute atomic E-state index is 0.262. The highest BCUT2D eigenvalue weighted by Crippen LogP contribution is 2.24. The van der Waals surface area contributed by atoms with Gasteiger partial charge in [0.1, 0.15) is 0 Å². The van der Waals surface area contributed by atoms with Crippen LogP contribution >= 0.6 is 12.2 Å². The van der Waals surface area contributed by atoms with Crippen molar-refractivity contribution in [3.8, 4) is 11.5 Å². The Morgan fingerprint density at radius 1 is 1.38 bits per heavy atom. The summed E-state index contributed by atoms with van der Waals surface area (Å²) in [6.45, 7) is 0.343. The van der Waals surface area contributed by atoms with Crippen molar-refractivity contribution >= 4 is 23.1 Å². The third-order valence-corrected chi connectivity index (χ3v) is 2.10. The van der Waals surface area contributed by atoms with Crippen molar-refractivity contribution in [3.05, 3.63) is 23.8 Å². The second kappa shape index (κ2) is 5.32. The molecule has 5 N–H and O–H groups in total. The van der Waals surface area contributed by atoms with E-state index in [-0.39, 0.29) is 23.0 Å². The zero-order chi connectivity index (χ0) is 12.1. The fraction of sp³-hybridized carbons (Fsp3) is 0.200. The number of nitrogens with one attached hydrogen (secondary N) is 1. The van der Waals surface area contributed by atoms with E-state index in [1.54, 1.807) is 0 Å². The Hall–Kier alpha value is -1.82. The number of phenols is 2. The topological polar surface area (TPSA) is 95.6 Å². The molecule has 0 aliphatic rings. The lowest BCUT2D eigenvalue weighted by atomic mass is 10.2. The number of aromatic hydroxyl groups is 2. The third kappa shape index (κ3) is 3.39. The van der Waals surface area contributed by atoms with E-state index < -0.39 is 0 Å². The molecule has 1 rings (SSSR count). The molecule has 16 heavy (non-hydrogen) atoms. The highest BCUT2D eigenvalue weighted by Gasteiger charge is 2.07. The molecule has 1 amide bonds. The van der Waals surface area contributed by atoms with Crippen molar-refractivity contribution in [2.75, 3.05) is 6.54 Å². The molecular formula is C10H12N2O3S. The second-order valence-corrected chi connectivity index (χ2v) is 3.70. The van der Waals surface area contributed by atoms with E-state index in [0.29, 0.717) is 18.0 Å². The minimum atomic E-state index is -0.355. The normalized spacial score (nSPS) is 9.75. The van der Waals surface area contributed by atoms with Gasteiger partial charge in [-0.1, -0.05) is 12.2 Å². The molecule has 0 aromatic heterocycles. The molecule has 0 aliphatic heterocycles. The molecule has 0 radical (unpaired) electrons. The van der Waals surface area contributed by atoms with Gasteiger partial charge in [0.05, 0.1) is 4.99 Å². The molecule has 0 fully saturated rings. The zero-order valence-electron chi connectivity index (χ0n) is 8.43. The number of hydrogen-bond acceptors (Lipinski definition) is 4. The summed E-state index contributed by atoms with van der Waals surface area (Å²) >= 11 is 4.66. The van der Waals surface area contributed by atoms with E-state index >= 15 is 0 Å². The summed E-state index contributed by atoms with van der Waals surface area (Å²) in [6.07, 6.45) is 0.422. The van der Waals surface area contributed by atoms with Crippen molar-refractivity contribution in [2.24, 2.45) is 5.73 Å². The van der Waals surface area contributed by atoms with Crippen molar-refractivity contribution < 1.29 is 15.0 Å². The fourth-order valence-corrected chi connectivity index (χ4v) is 1.17. The molecule has 0 saturated heterocycles. The van der Waals surface area contributed by atoms with E-state index in [4.69, 9.17) is 10.8 Å². The summed E-state index contributed by atoms with van der Waals surface area (Å²) in [4.78, 5) is 11.8. The molecule has 0 aliphatic carbocycles. The number of carbonyl (C=O) groups excluding carboxylic acids is 1. The molecule has 0 saturated carbocycles. The Kier molecular flexibility index (Phi) is 4.07. The van der Waals surface area contributed by atoms with Crippen LogP contribution in [0.1, 0.15) is 16.8 Å². The minimum Gasteiger partial charge on any atom is -0.504 e. The highest BCUT2D eigenvalue weighted by atomic mass is 32.1. The Labute approximate surface area is 97.9 Å². The van der Waals surface area contributed by atoms with Gasteiger partial charge in [-0.05, 0) is 18.2 Å². The fourth-order valence-electron chi connectivity index (χ4n) is 1.07. The van der Waals surface area contributed by atoms with Gasteiger partial charge in [0.25, 0.3) is 5.91 Å². The predicted octanol–water partition coefficient (Wildman–Crippen LogP) is 0.504.